The van der Waals surface area contributed by atoms with Crippen molar-refractivity contribution >= 4 is 27.6 Å². The standard InChI is InChI=1S/C12H14ClNO4S/c1-8(2)5-6-14-19(17,18)11-7-9(12(15)16)3-4-10(11)13/h3-5,7,14H,6H2,1-2H3,(H,15,16). The van der Waals surface area contributed by atoms with E-state index in [-0.39, 0.29) is 22.0 Å². The molecule has 0 aliphatic heterocycles. The zero-order chi connectivity index (χ0) is 14.6. The van der Waals surface area contributed by atoms with Crippen LogP contribution in [0.3, 0.4) is 0 Å². The molecule has 0 saturated heterocycles. The fourth-order valence-electron chi connectivity index (χ4n) is 1.28. The van der Waals surface area contributed by atoms with Crippen molar-refractivity contribution in [2.45, 2.75) is 18.7 Å². The van der Waals surface area contributed by atoms with Gasteiger partial charge in [0.05, 0.1) is 10.6 Å². The minimum absolute atomic E-state index is 0.0188. The number of rotatable bonds is 5. The van der Waals surface area contributed by atoms with E-state index in [1.165, 1.54) is 12.1 Å². The van der Waals surface area contributed by atoms with Crippen molar-refractivity contribution in [3.05, 3.63) is 40.4 Å². The van der Waals surface area contributed by atoms with E-state index in [1.807, 2.05) is 13.8 Å². The van der Waals surface area contributed by atoms with E-state index < -0.39 is 16.0 Å². The molecule has 1 rings (SSSR count). The van der Waals surface area contributed by atoms with Gasteiger partial charge in [-0.15, -0.1) is 0 Å². The molecule has 0 fully saturated rings. The Morgan fingerprint density at radius 2 is 2.05 bits per heavy atom. The molecule has 0 aliphatic rings. The normalized spacial score (nSPS) is 11.1. The number of carboxylic acids is 1. The molecule has 19 heavy (non-hydrogen) atoms. The second kappa shape index (κ2) is 6.18. The van der Waals surface area contributed by atoms with Gasteiger partial charge in [-0.3, -0.25) is 0 Å². The van der Waals surface area contributed by atoms with Crippen molar-refractivity contribution in [3.63, 3.8) is 0 Å². The van der Waals surface area contributed by atoms with Gasteiger partial charge in [-0.2, -0.15) is 0 Å². The van der Waals surface area contributed by atoms with Crippen molar-refractivity contribution in [1.82, 2.24) is 4.72 Å². The molecule has 1 aromatic rings. The van der Waals surface area contributed by atoms with Gasteiger partial charge in [0.25, 0.3) is 0 Å². The van der Waals surface area contributed by atoms with Gasteiger partial charge in [-0.1, -0.05) is 23.3 Å². The molecule has 104 valence electrons. The lowest BCUT2D eigenvalue weighted by atomic mass is 10.2. The van der Waals surface area contributed by atoms with E-state index >= 15 is 0 Å². The number of allylic oxidation sites excluding steroid dienone is 1. The second-order valence-electron chi connectivity index (χ2n) is 4.08. The van der Waals surface area contributed by atoms with Crippen LogP contribution >= 0.6 is 11.6 Å². The zero-order valence-corrected chi connectivity index (χ0v) is 12.0. The highest BCUT2D eigenvalue weighted by Gasteiger charge is 2.19. The number of halogens is 1. The van der Waals surface area contributed by atoms with E-state index in [1.54, 1.807) is 6.08 Å². The van der Waals surface area contributed by atoms with Gasteiger partial charge < -0.3 is 5.11 Å². The predicted octanol–water partition coefficient (Wildman–Crippen LogP) is 2.28. The summed E-state index contributed by atoms with van der Waals surface area (Å²) >= 11 is 5.80. The lowest BCUT2D eigenvalue weighted by Gasteiger charge is -2.08. The number of hydrogen-bond donors (Lipinski definition) is 2. The summed E-state index contributed by atoms with van der Waals surface area (Å²) in [6, 6.07) is 3.54. The number of carboxylic acid groups (broad SMARTS) is 1. The maximum atomic E-state index is 12.0. The van der Waals surface area contributed by atoms with Crippen LogP contribution in [0.4, 0.5) is 0 Å². The van der Waals surface area contributed by atoms with Crippen LogP contribution in [0.15, 0.2) is 34.7 Å². The largest absolute Gasteiger partial charge is 0.478 e. The van der Waals surface area contributed by atoms with E-state index in [0.29, 0.717) is 0 Å². The Morgan fingerprint density at radius 1 is 1.42 bits per heavy atom. The van der Waals surface area contributed by atoms with Crippen LogP contribution in [-0.2, 0) is 10.0 Å². The van der Waals surface area contributed by atoms with Crippen LogP contribution in [0.25, 0.3) is 0 Å². The molecule has 0 aromatic heterocycles. The molecule has 7 heteroatoms. The third kappa shape index (κ3) is 4.34. The summed E-state index contributed by atoms with van der Waals surface area (Å²) in [5.74, 6) is -1.21. The molecule has 0 radical (unpaired) electrons. The van der Waals surface area contributed by atoms with Gasteiger partial charge in [0.15, 0.2) is 0 Å². The van der Waals surface area contributed by atoms with Crippen molar-refractivity contribution in [2.75, 3.05) is 6.54 Å². The quantitative estimate of drug-likeness (QED) is 0.817. The van der Waals surface area contributed by atoms with Crippen LogP contribution < -0.4 is 4.72 Å². The van der Waals surface area contributed by atoms with Crippen molar-refractivity contribution < 1.29 is 18.3 Å². The average molecular weight is 304 g/mol. The van der Waals surface area contributed by atoms with Crippen molar-refractivity contribution in [2.24, 2.45) is 0 Å². The summed E-state index contributed by atoms with van der Waals surface area (Å²) in [5.41, 5.74) is 0.833. The number of carbonyl (C=O) groups is 1. The van der Waals surface area contributed by atoms with Gasteiger partial charge >= 0.3 is 5.97 Å². The Labute approximate surface area is 117 Å². The highest BCUT2D eigenvalue weighted by molar-refractivity contribution is 7.89. The fraction of sp³-hybridized carbons (Fsp3) is 0.250. The first-order valence-electron chi connectivity index (χ1n) is 5.40. The Bertz CT molecular complexity index is 619. The molecule has 0 bridgehead atoms. The summed E-state index contributed by atoms with van der Waals surface area (Å²) in [4.78, 5) is 10.6. The van der Waals surface area contributed by atoms with Gasteiger partial charge in [0.2, 0.25) is 10.0 Å². The van der Waals surface area contributed by atoms with Crippen molar-refractivity contribution in [1.29, 1.82) is 0 Å². The second-order valence-corrected chi connectivity index (χ2v) is 6.23. The smallest absolute Gasteiger partial charge is 0.335 e. The first kappa shape index (κ1) is 15.7. The summed E-state index contributed by atoms with van der Waals surface area (Å²) in [6.07, 6.45) is 1.70. The molecule has 2 N–H and O–H groups in total. The molecule has 0 saturated carbocycles. The minimum Gasteiger partial charge on any atom is -0.478 e. The summed E-state index contributed by atoms with van der Waals surface area (Å²) in [7, 11) is -3.83. The SMILES string of the molecule is CC(C)=CCNS(=O)(=O)c1cc(C(=O)O)ccc1Cl. The maximum absolute atomic E-state index is 12.0. The predicted molar refractivity (Wildman–Crippen MR) is 73.0 cm³/mol. The van der Waals surface area contributed by atoms with Gasteiger partial charge in [-0.25, -0.2) is 17.9 Å². The molecule has 5 nitrogen and oxygen atoms in total. The Morgan fingerprint density at radius 3 is 2.58 bits per heavy atom. The molecular formula is C12H14ClNO4S. The van der Waals surface area contributed by atoms with Crippen LogP contribution in [0, 0.1) is 0 Å². The van der Waals surface area contributed by atoms with Crippen LogP contribution in [0.5, 0.6) is 0 Å². The number of nitrogens with one attached hydrogen (secondary N) is 1. The lowest BCUT2D eigenvalue weighted by Crippen LogP contribution is -2.24. The van der Waals surface area contributed by atoms with Crippen molar-refractivity contribution in [3.8, 4) is 0 Å². The molecule has 0 heterocycles. The summed E-state index contributed by atoms with van der Waals surface area (Å²) < 4.78 is 26.3. The first-order valence-corrected chi connectivity index (χ1v) is 7.26. The van der Waals surface area contributed by atoms with E-state index in [4.69, 9.17) is 16.7 Å². The fourth-order valence-corrected chi connectivity index (χ4v) is 2.76. The van der Waals surface area contributed by atoms with E-state index in [2.05, 4.69) is 4.72 Å². The highest BCUT2D eigenvalue weighted by Crippen LogP contribution is 2.22. The molecular weight excluding hydrogens is 290 g/mol. The number of sulfonamides is 1. The minimum atomic E-state index is -3.83. The highest BCUT2D eigenvalue weighted by atomic mass is 35.5. The lowest BCUT2D eigenvalue weighted by molar-refractivity contribution is 0.0696. The van der Waals surface area contributed by atoms with Gasteiger partial charge in [-0.05, 0) is 32.0 Å². The average Bonchev–Trinajstić information content (AvgIpc) is 2.28. The van der Waals surface area contributed by atoms with E-state index in [0.717, 1.165) is 11.6 Å². The molecule has 0 unspecified atom stereocenters. The molecule has 0 atom stereocenters. The van der Waals surface area contributed by atoms with E-state index in [9.17, 15) is 13.2 Å². The zero-order valence-electron chi connectivity index (χ0n) is 10.5. The van der Waals surface area contributed by atoms with Gasteiger partial charge in [0, 0.05) is 6.54 Å². The summed E-state index contributed by atoms with van der Waals surface area (Å²) in [6.45, 7) is 3.80. The first-order chi connectivity index (χ1) is 8.74. The number of aromatic carboxylic acids is 1. The van der Waals surface area contributed by atoms with Gasteiger partial charge in [0.1, 0.15) is 4.90 Å². The van der Waals surface area contributed by atoms with Crippen LogP contribution in [0.1, 0.15) is 24.2 Å². The molecule has 1 aromatic carbocycles. The monoisotopic (exact) mass is 303 g/mol. The molecule has 0 spiro atoms. The summed E-state index contributed by atoms with van der Waals surface area (Å²) in [5, 5.41) is 8.83. The third-order valence-electron chi connectivity index (χ3n) is 2.25. The Balaban J connectivity index is 3.10. The number of benzene rings is 1. The molecule has 0 aliphatic carbocycles. The maximum Gasteiger partial charge on any atom is 0.335 e. The topological polar surface area (TPSA) is 83.5 Å². The molecule has 0 amide bonds. The van der Waals surface area contributed by atoms with Crippen LogP contribution in [-0.4, -0.2) is 26.0 Å². The van der Waals surface area contributed by atoms with Crippen LogP contribution in [0.2, 0.25) is 5.02 Å². The third-order valence-corrected chi connectivity index (χ3v) is 4.16. The Kier molecular flexibility index (Phi) is 5.11. The Hall–Kier alpha value is -1.37. The number of hydrogen-bond acceptors (Lipinski definition) is 3.